The molecule has 0 atom stereocenters. The molecule has 2 rings (SSSR count). The molecule has 6 nitrogen and oxygen atoms in total. The Morgan fingerprint density at radius 2 is 2.28 bits per heavy atom. The van der Waals surface area contributed by atoms with Crippen LogP contribution >= 0.6 is 0 Å². The van der Waals surface area contributed by atoms with Crippen LogP contribution < -0.4 is 5.32 Å². The van der Waals surface area contributed by atoms with E-state index in [1.807, 2.05) is 0 Å². The zero-order chi connectivity index (χ0) is 13.0. The van der Waals surface area contributed by atoms with E-state index in [9.17, 15) is 9.59 Å². The van der Waals surface area contributed by atoms with Gasteiger partial charge in [0.2, 0.25) is 5.91 Å². The first-order chi connectivity index (χ1) is 8.65. The SMILES string of the molecule is O=C(CC1=CCCCC1)Nc1cc(C(=O)O)[nH]n1. The van der Waals surface area contributed by atoms with E-state index in [0.717, 1.165) is 24.8 Å². The number of aromatic amines is 1. The molecule has 0 radical (unpaired) electrons. The maximum atomic E-state index is 11.7. The summed E-state index contributed by atoms with van der Waals surface area (Å²) in [7, 11) is 0. The van der Waals surface area contributed by atoms with Crippen molar-refractivity contribution >= 4 is 17.7 Å². The van der Waals surface area contributed by atoms with Crippen molar-refractivity contribution in [2.45, 2.75) is 32.1 Å². The van der Waals surface area contributed by atoms with Crippen LogP contribution in [0.25, 0.3) is 0 Å². The molecule has 1 aromatic rings. The number of hydrogen-bond acceptors (Lipinski definition) is 3. The largest absolute Gasteiger partial charge is 0.477 e. The van der Waals surface area contributed by atoms with E-state index in [-0.39, 0.29) is 17.4 Å². The molecular formula is C12H15N3O3. The van der Waals surface area contributed by atoms with E-state index in [1.54, 1.807) is 0 Å². The minimum atomic E-state index is -1.10. The average Bonchev–Trinajstić information content (AvgIpc) is 2.78. The van der Waals surface area contributed by atoms with Gasteiger partial charge in [-0.2, -0.15) is 5.10 Å². The number of amides is 1. The first kappa shape index (κ1) is 12.3. The van der Waals surface area contributed by atoms with E-state index in [2.05, 4.69) is 21.6 Å². The van der Waals surface area contributed by atoms with Gasteiger partial charge in [0.25, 0.3) is 0 Å². The van der Waals surface area contributed by atoms with Crippen LogP contribution in [0.15, 0.2) is 17.7 Å². The second-order valence-electron chi connectivity index (χ2n) is 4.31. The number of aromatic carboxylic acids is 1. The van der Waals surface area contributed by atoms with Crippen LogP contribution in [0.4, 0.5) is 5.82 Å². The van der Waals surface area contributed by atoms with Gasteiger partial charge in [-0.1, -0.05) is 11.6 Å². The van der Waals surface area contributed by atoms with E-state index >= 15 is 0 Å². The quantitative estimate of drug-likeness (QED) is 0.710. The number of rotatable bonds is 4. The lowest BCUT2D eigenvalue weighted by Gasteiger charge is -2.11. The van der Waals surface area contributed by atoms with E-state index in [0.29, 0.717) is 6.42 Å². The predicted octanol–water partition coefficient (Wildman–Crippen LogP) is 1.94. The Labute approximate surface area is 104 Å². The Balaban J connectivity index is 1.90. The lowest BCUT2D eigenvalue weighted by atomic mass is 9.97. The van der Waals surface area contributed by atoms with Crippen molar-refractivity contribution in [3.63, 3.8) is 0 Å². The molecule has 1 aliphatic rings. The Morgan fingerprint density at radius 3 is 2.89 bits per heavy atom. The zero-order valence-electron chi connectivity index (χ0n) is 9.90. The van der Waals surface area contributed by atoms with Gasteiger partial charge in [0.1, 0.15) is 5.69 Å². The highest BCUT2D eigenvalue weighted by Crippen LogP contribution is 2.20. The molecule has 6 heteroatoms. The van der Waals surface area contributed by atoms with Crippen LogP contribution in [0.3, 0.4) is 0 Å². The van der Waals surface area contributed by atoms with E-state index in [4.69, 9.17) is 5.11 Å². The summed E-state index contributed by atoms with van der Waals surface area (Å²) < 4.78 is 0. The molecule has 0 saturated carbocycles. The average molecular weight is 249 g/mol. The fraction of sp³-hybridized carbons (Fsp3) is 0.417. The maximum Gasteiger partial charge on any atom is 0.353 e. The molecule has 1 amide bonds. The molecule has 0 spiro atoms. The Kier molecular flexibility index (Phi) is 3.76. The number of H-pyrrole nitrogens is 1. The van der Waals surface area contributed by atoms with Gasteiger partial charge in [0.15, 0.2) is 5.82 Å². The van der Waals surface area contributed by atoms with Crippen molar-refractivity contribution in [2.24, 2.45) is 0 Å². The van der Waals surface area contributed by atoms with Crippen molar-refractivity contribution in [2.75, 3.05) is 5.32 Å². The molecule has 96 valence electrons. The van der Waals surface area contributed by atoms with Crippen LogP contribution in [-0.2, 0) is 4.79 Å². The Bertz CT molecular complexity index is 491. The van der Waals surface area contributed by atoms with Crippen LogP contribution in [0.5, 0.6) is 0 Å². The molecule has 0 fully saturated rings. The lowest BCUT2D eigenvalue weighted by Crippen LogP contribution is -2.13. The zero-order valence-corrected chi connectivity index (χ0v) is 9.90. The molecule has 1 aromatic heterocycles. The first-order valence-corrected chi connectivity index (χ1v) is 5.91. The summed E-state index contributed by atoms with van der Waals surface area (Å²) in [5, 5.41) is 17.3. The molecule has 0 aliphatic heterocycles. The van der Waals surface area contributed by atoms with Crippen molar-refractivity contribution < 1.29 is 14.7 Å². The molecule has 0 saturated heterocycles. The molecule has 18 heavy (non-hydrogen) atoms. The van der Waals surface area contributed by atoms with Crippen LogP contribution in [0.1, 0.15) is 42.6 Å². The van der Waals surface area contributed by atoms with Crippen molar-refractivity contribution in [3.8, 4) is 0 Å². The van der Waals surface area contributed by atoms with E-state index < -0.39 is 5.97 Å². The summed E-state index contributed by atoms with van der Waals surface area (Å²) in [6.45, 7) is 0. The Morgan fingerprint density at radius 1 is 1.44 bits per heavy atom. The lowest BCUT2D eigenvalue weighted by molar-refractivity contribution is -0.115. The molecule has 1 aliphatic carbocycles. The summed E-state index contributed by atoms with van der Waals surface area (Å²) in [4.78, 5) is 22.3. The fourth-order valence-electron chi connectivity index (χ4n) is 1.95. The van der Waals surface area contributed by atoms with Gasteiger partial charge < -0.3 is 10.4 Å². The number of nitrogens with zero attached hydrogens (tertiary/aromatic N) is 1. The number of carbonyl (C=O) groups excluding carboxylic acids is 1. The number of aromatic nitrogens is 2. The molecule has 0 aromatic carbocycles. The number of allylic oxidation sites excluding steroid dienone is 1. The van der Waals surface area contributed by atoms with Crippen molar-refractivity contribution in [1.29, 1.82) is 0 Å². The van der Waals surface area contributed by atoms with E-state index in [1.165, 1.54) is 12.5 Å². The Hall–Kier alpha value is -2.11. The fourth-order valence-corrected chi connectivity index (χ4v) is 1.95. The van der Waals surface area contributed by atoms with Crippen molar-refractivity contribution in [1.82, 2.24) is 10.2 Å². The highest BCUT2D eigenvalue weighted by atomic mass is 16.4. The highest BCUT2D eigenvalue weighted by Gasteiger charge is 2.12. The van der Waals surface area contributed by atoms with Gasteiger partial charge >= 0.3 is 5.97 Å². The molecule has 0 bridgehead atoms. The highest BCUT2D eigenvalue weighted by molar-refractivity contribution is 5.93. The second kappa shape index (κ2) is 5.48. The summed E-state index contributed by atoms with van der Waals surface area (Å²) in [5.74, 6) is -1.02. The van der Waals surface area contributed by atoms with Gasteiger partial charge in [0.05, 0.1) is 0 Å². The van der Waals surface area contributed by atoms with Crippen LogP contribution in [0.2, 0.25) is 0 Å². The summed E-state index contributed by atoms with van der Waals surface area (Å²) in [6, 6.07) is 1.30. The first-order valence-electron chi connectivity index (χ1n) is 5.91. The monoisotopic (exact) mass is 249 g/mol. The van der Waals surface area contributed by atoms with Gasteiger partial charge in [-0.3, -0.25) is 9.89 Å². The third kappa shape index (κ3) is 3.19. The number of nitrogens with one attached hydrogen (secondary N) is 2. The normalized spacial score (nSPS) is 15.0. The summed E-state index contributed by atoms with van der Waals surface area (Å²) >= 11 is 0. The number of hydrogen-bond donors (Lipinski definition) is 3. The number of anilines is 1. The molecule has 0 unspecified atom stereocenters. The maximum absolute atomic E-state index is 11.7. The smallest absolute Gasteiger partial charge is 0.353 e. The number of carbonyl (C=O) groups is 2. The van der Waals surface area contributed by atoms with Gasteiger partial charge in [-0.05, 0) is 25.7 Å². The minimum absolute atomic E-state index is 0.0396. The minimum Gasteiger partial charge on any atom is -0.477 e. The van der Waals surface area contributed by atoms with Crippen LogP contribution in [-0.4, -0.2) is 27.2 Å². The van der Waals surface area contributed by atoms with Gasteiger partial charge in [0, 0.05) is 12.5 Å². The third-order valence-electron chi connectivity index (χ3n) is 2.85. The number of carboxylic acid groups (broad SMARTS) is 1. The topological polar surface area (TPSA) is 95.1 Å². The standard InChI is InChI=1S/C12H15N3O3/c16-11(6-8-4-2-1-3-5-8)13-10-7-9(12(17)18)14-15-10/h4,7H,1-3,5-6H2,(H,17,18)(H2,13,14,15,16). The second-order valence-corrected chi connectivity index (χ2v) is 4.31. The molecule has 3 N–H and O–H groups in total. The molecular weight excluding hydrogens is 234 g/mol. The predicted molar refractivity (Wildman–Crippen MR) is 65.3 cm³/mol. The van der Waals surface area contributed by atoms with Gasteiger partial charge in [-0.15, -0.1) is 0 Å². The summed E-state index contributed by atoms with van der Waals surface area (Å²) in [6.07, 6.45) is 6.78. The van der Waals surface area contributed by atoms with Crippen LogP contribution in [0, 0.1) is 0 Å². The third-order valence-corrected chi connectivity index (χ3v) is 2.85. The molecule has 1 heterocycles. The van der Waals surface area contributed by atoms with Gasteiger partial charge in [-0.25, -0.2) is 4.79 Å². The summed E-state index contributed by atoms with van der Waals surface area (Å²) in [5.41, 5.74) is 1.11. The number of carboxylic acids is 1. The van der Waals surface area contributed by atoms with Crippen molar-refractivity contribution in [3.05, 3.63) is 23.4 Å².